The number of nitrogens with zero attached hydrogens (tertiary/aromatic N) is 20. The summed E-state index contributed by atoms with van der Waals surface area (Å²) < 4.78 is 78.0. The van der Waals surface area contributed by atoms with Crippen molar-refractivity contribution in [2.45, 2.75) is 115 Å². The van der Waals surface area contributed by atoms with E-state index in [2.05, 4.69) is 78.0 Å². The fourth-order valence-corrected chi connectivity index (χ4v) is 13.9. The lowest BCUT2D eigenvalue weighted by atomic mass is 10.1. The van der Waals surface area contributed by atoms with Crippen LogP contribution in [0.15, 0.2) is 329 Å². The van der Waals surface area contributed by atoms with Crippen molar-refractivity contribution in [1.29, 1.82) is 0 Å². The molecular formula is C106H109F3N24O17. The highest BCUT2D eigenvalue weighted by Gasteiger charge is 2.25. The van der Waals surface area contributed by atoms with Gasteiger partial charge in [-0.25, -0.2) is 105 Å². The molecule has 41 nitrogen and oxygen atoms in total. The van der Waals surface area contributed by atoms with Gasteiger partial charge in [-0.15, -0.1) is 0 Å². The SMILES string of the molecule is Cc1ccc(-n2cc[nH]c2=O)cc1.Cc1ccc(-n2cc[nH]c2=O)cc1F.Cc1ccc(-n2cc[nH]c2=O)cn1.Cc1ccc(-n2ccoc2=O)cc1F.Cc1ccc(-n2ccoc2=O)cn1.Cc1ccc(N2CCCOC2=O)cc1.Cc1ccc(N2CCCOC2=O)cc1F.Cc1ccc(N2CCCOC2=O)cn1.Cc1ncc(-n2cc[nH]c2=O)cn1.Cc1ncc(-n2ccoc2=O)cn1.Cc1ncc(N2CCCCC2=O)cn1. The van der Waals surface area contributed by atoms with Gasteiger partial charge in [0, 0.05) is 111 Å². The molecule has 4 N–H and O–H groups in total. The van der Waals surface area contributed by atoms with E-state index >= 15 is 0 Å². The van der Waals surface area contributed by atoms with Crippen molar-refractivity contribution in [3.8, 4) is 39.8 Å². The van der Waals surface area contributed by atoms with Gasteiger partial charge >= 0.3 is 58.3 Å². The first-order valence-electron chi connectivity index (χ1n) is 47.0. The zero-order chi connectivity index (χ0) is 107. The van der Waals surface area contributed by atoms with Gasteiger partial charge in [0.2, 0.25) is 5.91 Å². The lowest BCUT2D eigenvalue weighted by molar-refractivity contribution is -0.119. The predicted molar refractivity (Wildman–Crippen MR) is 553 cm³/mol. The highest BCUT2D eigenvalue weighted by atomic mass is 19.1. The Balaban J connectivity index is 0.000000146. The number of pyridine rings is 3. The Hall–Kier alpha value is -19.1. The van der Waals surface area contributed by atoms with E-state index in [4.69, 9.17) is 14.2 Å². The molecule has 0 saturated carbocycles. The summed E-state index contributed by atoms with van der Waals surface area (Å²) in [5.41, 5.74) is 13.9. The minimum atomic E-state index is -0.520. The molecule has 18 aromatic rings. The second kappa shape index (κ2) is 54.0. The molecule has 0 unspecified atom stereocenters. The van der Waals surface area contributed by atoms with Gasteiger partial charge in [0.1, 0.15) is 53.7 Å². The van der Waals surface area contributed by atoms with Crippen molar-refractivity contribution in [3.63, 3.8) is 0 Å². The van der Waals surface area contributed by atoms with Gasteiger partial charge in [0.15, 0.2) is 0 Å². The Morgan fingerprint density at radius 1 is 0.260 bits per heavy atom. The number of oxazole rings is 3. The standard InChI is InChI=1S/C11H12FNO2.C11H13NO2.C10H9FN2O.C10H8FNO2.C10H13N3O.C10H12N2O2.C10H10N2O.C9H9N3O.C9H8N2O2.C8H8N4O.C8H7N3O2/c1-8-3-4-9(7-10(8)12)13-5-2-6-15-11(13)14;1-9-3-5-10(6-4-9)12-7-2-8-14-11(12)13;1-7-2-3-8(6-9(7)11)13-5-4-12-10(13)14;1-7-2-3-8(6-9(7)11)12-4-5-14-10(12)13;1-8-11-6-9(7-12-8)13-5-3-2-4-10(13)14;1-8-3-4-9(7-11-8)12-5-2-6-14-10(12)13;1-8-2-4-9(5-3-8)12-7-6-11-10(12)13;1-7-2-3-8(6-11-7)12-5-4-10-9(12)13;1-7-2-3-8(6-10-7)11-4-5-13-9(11)12;1-6-10-4-7(5-11-6)12-3-2-9-8(12)13;1-6-9-4-7(5-10-6)11-2-3-13-8(11)12/h3-4,7H,2,5-6H2,1H3;3-6H,2,7-8H2,1H3;2-6H,1H3,(H,12,14);2-6H,1H3;6-7H,2-5H2,1H3;3-4,7H,2,5-6H2,1H3;2-7H,1H3,(H,11,13);2-6H,1H3,(H,10,13);2-6H,1H3;2-5H,1H3,(H,9,13);2-5H,1H3. The second-order valence-corrected chi connectivity index (χ2v) is 33.4. The highest BCUT2D eigenvalue weighted by Crippen LogP contribution is 2.25. The van der Waals surface area contributed by atoms with Crippen molar-refractivity contribution in [2.24, 2.45) is 0 Å². The fraction of sp³-hybridized carbons (Fsp3) is 0.226. The number of carbonyl (C=O) groups excluding carboxylic acids is 4. The molecular weight excluding hydrogens is 1940 g/mol. The van der Waals surface area contributed by atoms with E-state index in [1.54, 1.807) is 196 Å². The molecule has 150 heavy (non-hydrogen) atoms. The Bertz CT molecular complexity index is 7100. The molecule has 4 aliphatic heterocycles. The van der Waals surface area contributed by atoms with Crippen molar-refractivity contribution in [1.82, 2.24) is 96.8 Å². The molecule has 4 aliphatic rings. The van der Waals surface area contributed by atoms with Crippen LogP contribution in [0.25, 0.3) is 39.8 Å². The maximum absolute atomic E-state index is 13.3. The first kappa shape index (κ1) is 110. The Morgan fingerprint density at radius 3 is 0.887 bits per heavy atom. The third-order valence-corrected chi connectivity index (χ3v) is 22.3. The topological polar surface area (TPSA) is 482 Å². The quantitative estimate of drug-likeness (QED) is 0.0874. The number of piperidine rings is 1. The normalized spacial score (nSPS) is 12.7. The number of anilines is 4. The van der Waals surface area contributed by atoms with E-state index in [1.165, 1.54) is 99.0 Å². The number of hydrogen-bond donors (Lipinski definition) is 4. The Kier molecular flexibility index (Phi) is 39.5. The number of benzene rings is 5. The average Bonchev–Trinajstić information content (AvgIpc) is 1.46. The highest BCUT2D eigenvalue weighted by molar-refractivity contribution is 5.94. The van der Waals surface area contributed by atoms with E-state index in [1.807, 2.05) is 126 Å². The number of ether oxygens (including phenoxy) is 3. The Morgan fingerprint density at radius 2 is 0.540 bits per heavy atom. The lowest BCUT2D eigenvalue weighted by Gasteiger charge is -2.26. The van der Waals surface area contributed by atoms with Crippen LogP contribution >= 0.6 is 0 Å². The molecule has 0 radical (unpaired) electrons. The summed E-state index contributed by atoms with van der Waals surface area (Å²) in [5.74, 6) is -0.0297. The zero-order valence-corrected chi connectivity index (χ0v) is 83.8. The van der Waals surface area contributed by atoms with Crippen LogP contribution in [0.1, 0.15) is 101 Å². The summed E-state index contributed by atoms with van der Waals surface area (Å²) >= 11 is 0. The van der Waals surface area contributed by atoms with Crippen molar-refractivity contribution >= 4 is 46.9 Å². The molecule has 4 amide bonds. The molecule has 17 heterocycles. The largest absolute Gasteiger partial charge is 0.449 e. The van der Waals surface area contributed by atoms with Crippen molar-refractivity contribution in [3.05, 3.63) is 436 Å². The van der Waals surface area contributed by atoms with Crippen LogP contribution in [0.3, 0.4) is 0 Å². The monoisotopic (exact) mass is 2050 g/mol. The van der Waals surface area contributed by atoms with E-state index in [0.29, 0.717) is 102 Å². The van der Waals surface area contributed by atoms with E-state index in [0.717, 1.165) is 96.5 Å². The van der Waals surface area contributed by atoms with Gasteiger partial charge in [-0.1, -0.05) is 53.6 Å². The molecule has 4 fully saturated rings. The molecule has 44 heteroatoms. The van der Waals surface area contributed by atoms with Crippen LogP contribution in [-0.4, -0.2) is 167 Å². The molecule has 0 spiro atoms. The number of carbonyl (C=O) groups is 4. The van der Waals surface area contributed by atoms with Crippen LogP contribution in [0.5, 0.6) is 0 Å². The van der Waals surface area contributed by atoms with Crippen molar-refractivity contribution < 1.29 is 59.8 Å². The van der Waals surface area contributed by atoms with Gasteiger partial charge in [-0.3, -0.25) is 52.7 Å². The van der Waals surface area contributed by atoms with E-state index in [9.17, 15) is 65.9 Å². The van der Waals surface area contributed by atoms with Crippen LogP contribution in [-0.2, 0) is 19.0 Å². The molecule has 4 saturated heterocycles. The number of hydrogen-bond acceptors (Lipinski definition) is 26. The lowest BCUT2D eigenvalue weighted by Crippen LogP contribution is -2.37. The van der Waals surface area contributed by atoms with Gasteiger partial charge in [0.25, 0.3) is 0 Å². The van der Waals surface area contributed by atoms with Gasteiger partial charge in [-0.2, -0.15) is 0 Å². The number of aromatic nitrogens is 20. The molecule has 22 rings (SSSR count). The molecule has 776 valence electrons. The fourth-order valence-electron chi connectivity index (χ4n) is 13.9. The predicted octanol–water partition coefficient (Wildman–Crippen LogP) is 15.6. The third-order valence-electron chi connectivity index (χ3n) is 22.3. The first-order valence-corrected chi connectivity index (χ1v) is 47.0. The van der Waals surface area contributed by atoms with E-state index < -0.39 is 23.4 Å². The number of aromatic amines is 4. The summed E-state index contributed by atoms with van der Waals surface area (Å²) in [6.45, 7) is 24.6. The van der Waals surface area contributed by atoms with Crippen LogP contribution in [0.4, 0.5) is 50.3 Å². The van der Waals surface area contributed by atoms with Gasteiger partial charge in [-0.05, 0) is 222 Å². The van der Waals surface area contributed by atoms with E-state index in [-0.39, 0.29) is 58.3 Å². The van der Waals surface area contributed by atoms with Crippen LogP contribution < -0.4 is 59.6 Å². The maximum Gasteiger partial charge on any atom is 0.423 e. The second-order valence-electron chi connectivity index (χ2n) is 33.4. The molecule has 13 aromatic heterocycles. The summed E-state index contributed by atoms with van der Waals surface area (Å²) in [7, 11) is 0. The summed E-state index contributed by atoms with van der Waals surface area (Å²) in [4.78, 5) is 177. The van der Waals surface area contributed by atoms with Crippen LogP contribution in [0, 0.1) is 93.6 Å². The summed E-state index contributed by atoms with van der Waals surface area (Å²) in [6.07, 6.45) is 40.5. The van der Waals surface area contributed by atoms with Gasteiger partial charge in [0.05, 0.1) is 145 Å². The molecule has 0 bridgehead atoms. The minimum Gasteiger partial charge on any atom is -0.449 e. The third kappa shape index (κ3) is 31.7. The molecule has 0 aliphatic carbocycles. The molecule has 0 atom stereocenters. The minimum absolute atomic E-state index is 0.108. The smallest absolute Gasteiger partial charge is 0.423 e. The number of nitrogens with one attached hydrogen (secondary N) is 4. The number of amides is 4. The maximum atomic E-state index is 13.3. The first-order chi connectivity index (χ1) is 72.2. The summed E-state index contributed by atoms with van der Waals surface area (Å²) in [5, 5.41) is 0. The zero-order valence-electron chi connectivity index (χ0n) is 83.8. The number of H-pyrrole nitrogens is 4. The van der Waals surface area contributed by atoms with Crippen LogP contribution in [0.2, 0.25) is 0 Å². The Labute approximate surface area is 855 Å². The molecule has 5 aromatic carbocycles. The number of rotatable bonds is 11. The number of halogens is 3. The van der Waals surface area contributed by atoms with Crippen molar-refractivity contribution in [2.75, 3.05) is 65.6 Å². The number of cyclic esters (lactones) is 3. The number of imidazole rings is 4. The summed E-state index contributed by atoms with van der Waals surface area (Å²) in [6, 6.07) is 40.9. The average molecular weight is 2050 g/mol. The van der Waals surface area contributed by atoms with Gasteiger partial charge < -0.3 is 52.3 Å². The number of aryl methyl sites for hydroxylation is 11.